The van der Waals surface area contributed by atoms with Crippen LogP contribution in [0.1, 0.15) is 25.7 Å². The van der Waals surface area contributed by atoms with E-state index < -0.39 is 0 Å². The normalized spacial score (nSPS) is 54.0. The second kappa shape index (κ2) is 0.860. The van der Waals surface area contributed by atoms with Crippen molar-refractivity contribution in [1.29, 1.82) is 0 Å². The van der Waals surface area contributed by atoms with Crippen molar-refractivity contribution in [3.05, 3.63) is 0 Å². The molecule has 2 unspecified atom stereocenters. The SMILES string of the molecule is C1CC12CC1OC1C2. The maximum Gasteiger partial charge on any atom is 0.0847 e. The number of ether oxygens (including phenoxy) is 1. The maximum absolute atomic E-state index is 5.33. The highest BCUT2D eigenvalue weighted by Gasteiger charge is 2.60. The summed E-state index contributed by atoms with van der Waals surface area (Å²) >= 11 is 0. The molecule has 0 aromatic rings. The van der Waals surface area contributed by atoms with E-state index in [1.54, 1.807) is 0 Å². The van der Waals surface area contributed by atoms with Gasteiger partial charge in [0.05, 0.1) is 12.2 Å². The predicted molar refractivity (Wildman–Crippen MR) is 29.6 cm³/mol. The number of hydrogen-bond donors (Lipinski definition) is 0. The predicted octanol–water partition coefficient (Wildman–Crippen LogP) is 1.33. The molecule has 8 heavy (non-hydrogen) atoms. The topological polar surface area (TPSA) is 12.5 Å². The third-order valence-electron chi connectivity index (χ3n) is 2.91. The minimum Gasteiger partial charge on any atom is -0.370 e. The molecule has 0 bridgehead atoms. The fourth-order valence-electron chi connectivity index (χ4n) is 2.06. The molecule has 1 nitrogen and oxygen atoms in total. The molecule has 2 saturated carbocycles. The first-order valence-electron chi connectivity index (χ1n) is 3.54. The van der Waals surface area contributed by atoms with Crippen LogP contribution in [0.3, 0.4) is 0 Å². The zero-order valence-electron chi connectivity index (χ0n) is 4.89. The quantitative estimate of drug-likeness (QED) is 0.428. The molecule has 0 radical (unpaired) electrons. The first-order valence-corrected chi connectivity index (χ1v) is 3.54. The molecule has 0 aromatic heterocycles. The highest BCUT2D eigenvalue weighted by molar-refractivity contribution is 5.10. The molecule has 1 heterocycles. The fourth-order valence-corrected chi connectivity index (χ4v) is 2.06. The second-order valence-corrected chi connectivity index (χ2v) is 3.62. The van der Waals surface area contributed by atoms with Crippen LogP contribution in [0.2, 0.25) is 0 Å². The summed E-state index contributed by atoms with van der Waals surface area (Å²) < 4.78 is 5.33. The highest BCUT2D eigenvalue weighted by Crippen LogP contribution is 2.63. The Balaban J connectivity index is 1.90. The maximum atomic E-state index is 5.33. The minimum atomic E-state index is 0.720. The van der Waals surface area contributed by atoms with E-state index in [2.05, 4.69) is 0 Å². The van der Waals surface area contributed by atoms with Crippen LogP contribution in [0.15, 0.2) is 0 Å². The van der Waals surface area contributed by atoms with Crippen molar-refractivity contribution < 1.29 is 4.74 Å². The smallest absolute Gasteiger partial charge is 0.0847 e. The van der Waals surface area contributed by atoms with Gasteiger partial charge in [0.25, 0.3) is 0 Å². The van der Waals surface area contributed by atoms with Crippen molar-refractivity contribution in [2.75, 3.05) is 0 Å². The lowest BCUT2D eigenvalue weighted by atomic mass is 10.1. The summed E-state index contributed by atoms with van der Waals surface area (Å²) in [6.45, 7) is 0. The summed E-state index contributed by atoms with van der Waals surface area (Å²) in [7, 11) is 0. The van der Waals surface area contributed by atoms with Gasteiger partial charge in [0.15, 0.2) is 0 Å². The standard InChI is InChI=1S/C7H10O/c1-2-7(1)3-5-6(4-7)8-5/h5-6H,1-4H2. The van der Waals surface area contributed by atoms with Gasteiger partial charge in [-0.2, -0.15) is 0 Å². The van der Waals surface area contributed by atoms with Crippen molar-refractivity contribution >= 4 is 0 Å². The van der Waals surface area contributed by atoms with E-state index in [0.29, 0.717) is 0 Å². The van der Waals surface area contributed by atoms with E-state index in [1.807, 2.05) is 0 Å². The van der Waals surface area contributed by atoms with Crippen LogP contribution in [0, 0.1) is 5.41 Å². The summed E-state index contributed by atoms with van der Waals surface area (Å²) in [6.07, 6.45) is 7.25. The molecular weight excluding hydrogens is 100 g/mol. The molecule has 2 atom stereocenters. The van der Waals surface area contributed by atoms with Gasteiger partial charge < -0.3 is 4.74 Å². The lowest BCUT2D eigenvalue weighted by Gasteiger charge is -2.03. The van der Waals surface area contributed by atoms with E-state index >= 15 is 0 Å². The Hall–Kier alpha value is -0.0400. The number of rotatable bonds is 0. The molecule has 1 spiro atoms. The summed E-state index contributed by atoms with van der Waals surface area (Å²) in [5.41, 5.74) is 0.841. The number of epoxide rings is 1. The number of hydrogen-bond acceptors (Lipinski definition) is 1. The van der Waals surface area contributed by atoms with E-state index in [0.717, 1.165) is 17.6 Å². The van der Waals surface area contributed by atoms with Crippen LogP contribution in [0.4, 0.5) is 0 Å². The van der Waals surface area contributed by atoms with Crippen LogP contribution in [-0.2, 0) is 4.74 Å². The molecule has 1 aliphatic heterocycles. The van der Waals surface area contributed by atoms with Crippen LogP contribution >= 0.6 is 0 Å². The Labute approximate surface area is 49.0 Å². The first kappa shape index (κ1) is 3.89. The third kappa shape index (κ3) is 0.334. The number of fused-ring (bicyclic) bond motifs is 1. The van der Waals surface area contributed by atoms with Crippen LogP contribution < -0.4 is 0 Å². The largest absolute Gasteiger partial charge is 0.370 e. The Morgan fingerprint density at radius 2 is 1.75 bits per heavy atom. The van der Waals surface area contributed by atoms with Crippen molar-refractivity contribution in [3.63, 3.8) is 0 Å². The monoisotopic (exact) mass is 110 g/mol. The Morgan fingerprint density at radius 3 is 2.12 bits per heavy atom. The summed E-state index contributed by atoms with van der Waals surface area (Å²) in [5.74, 6) is 0. The average Bonchev–Trinajstić information content (AvgIpc) is 2.58. The van der Waals surface area contributed by atoms with Gasteiger partial charge in [-0.3, -0.25) is 0 Å². The molecule has 1 heteroatoms. The third-order valence-corrected chi connectivity index (χ3v) is 2.91. The molecule has 44 valence electrons. The second-order valence-electron chi connectivity index (χ2n) is 3.62. The molecule has 3 rings (SSSR count). The summed E-state index contributed by atoms with van der Waals surface area (Å²) in [4.78, 5) is 0. The van der Waals surface area contributed by atoms with E-state index in [9.17, 15) is 0 Å². The Morgan fingerprint density at radius 1 is 1.12 bits per heavy atom. The van der Waals surface area contributed by atoms with Crippen molar-refractivity contribution in [3.8, 4) is 0 Å². The van der Waals surface area contributed by atoms with Crippen molar-refractivity contribution in [2.24, 2.45) is 5.41 Å². The fraction of sp³-hybridized carbons (Fsp3) is 1.00. The van der Waals surface area contributed by atoms with Crippen LogP contribution in [0.25, 0.3) is 0 Å². The van der Waals surface area contributed by atoms with Gasteiger partial charge in [-0.25, -0.2) is 0 Å². The van der Waals surface area contributed by atoms with Crippen molar-refractivity contribution in [2.45, 2.75) is 37.9 Å². The molecule has 1 saturated heterocycles. The minimum absolute atomic E-state index is 0.720. The molecule has 2 aliphatic carbocycles. The van der Waals surface area contributed by atoms with Gasteiger partial charge >= 0.3 is 0 Å². The van der Waals surface area contributed by atoms with Crippen LogP contribution in [0.5, 0.6) is 0 Å². The van der Waals surface area contributed by atoms with Gasteiger partial charge in [0.1, 0.15) is 0 Å². The molecule has 3 aliphatic rings. The van der Waals surface area contributed by atoms with Gasteiger partial charge in [-0.05, 0) is 31.1 Å². The zero-order valence-corrected chi connectivity index (χ0v) is 4.89. The van der Waals surface area contributed by atoms with Crippen LogP contribution in [-0.4, -0.2) is 12.2 Å². The van der Waals surface area contributed by atoms with Gasteiger partial charge in [-0.1, -0.05) is 0 Å². The Kier molecular flexibility index (Phi) is 0.418. The van der Waals surface area contributed by atoms with E-state index in [1.165, 1.54) is 25.7 Å². The van der Waals surface area contributed by atoms with E-state index in [4.69, 9.17) is 4.74 Å². The zero-order chi connectivity index (χ0) is 5.19. The summed E-state index contributed by atoms with van der Waals surface area (Å²) in [6, 6.07) is 0. The molecule has 3 fully saturated rings. The molecule has 0 amide bonds. The van der Waals surface area contributed by atoms with E-state index in [-0.39, 0.29) is 0 Å². The summed E-state index contributed by atoms with van der Waals surface area (Å²) in [5, 5.41) is 0. The highest BCUT2D eigenvalue weighted by atomic mass is 16.6. The lowest BCUT2D eigenvalue weighted by molar-refractivity contribution is 0.261. The first-order chi connectivity index (χ1) is 3.88. The Bertz CT molecular complexity index is 125. The van der Waals surface area contributed by atoms with Gasteiger partial charge in [0.2, 0.25) is 0 Å². The average molecular weight is 110 g/mol. The van der Waals surface area contributed by atoms with Gasteiger partial charge in [-0.15, -0.1) is 0 Å². The van der Waals surface area contributed by atoms with Gasteiger partial charge in [0, 0.05) is 0 Å². The lowest BCUT2D eigenvalue weighted by Crippen LogP contribution is -1.96. The molecule has 0 N–H and O–H groups in total. The molecular formula is C7H10O. The molecule has 0 aromatic carbocycles. The van der Waals surface area contributed by atoms with Crippen molar-refractivity contribution in [1.82, 2.24) is 0 Å².